The molecule has 0 atom stereocenters. The van der Waals surface area contributed by atoms with Crippen molar-refractivity contribution in [3.05, 3.63) is 65.8 Å². The Kier molecular flexibility index (Phi) is 2.83. The summed E-state index contributed by atoms with van der Waals surface area (Å²) in [6.45, 7) is 0. The molecule has 19 heavy (non-hydrogen) atoms. The lowest BCUT2D eigenvalue weighted by Gasteiger charge is -1.99. The van der Waals surface area contributed by atoms with Crippen molar-refractivity contribution in [2.45, 2.75) is 6.42 Å². The van der Waals surface area contributed by atoms with Crippen molar-refractivity contribution in [1.29, 1.82) is 0 Å². The third-order valence-electron chi connectivity index (χ3n) is 2.82. The van der Waals surface area contributed by atoms with E-state index in [1.54, 1.807) is 24.3 Å². The normalized spacial score (nSPS) is 10.8. The Morgan fingerprint density at radius 1 is 1.11 bits per heavy atom. The first-order valence-corrected chi connectivity index (χ1v) is 5.86. The van der Waals surface area contributed by atoms with E-state index in [2.05, 4.69) is 4.98 Å². The van der Waals surface area contributed by atoms with Crippen LogP contribution in [0.25, 0.3) is 11.1 Å². The number of hydrogen-bond acceptors (Lipinski definition) is 3. The second-order valence-corrected chi connectivity index (χ2v) is 4.16. The van der Waals surface area contributed by atoms with E-state index < -0.39 is 5.82 Å². The zero-order valence-corrected chi connectivity index (χ0v) is 9.97. The van der Waals surface area contributed by atoms with E-state index in [1.807, 2.05) is 12.1 Å². The molecule has 1 heterocycles. The Bertz CT molecular complexity index is 715. The highest BCUT2D eigenvalue weighted by Gasteiger charge is 2.15. The molecule has 0 N–H and O–H groups in total. The molecule has 3 nitrogen and oxygen atoms in total. The van der Waals surface area contributed by atoms with Gasteiger partial charge < -0.3 is 4.42 Å². The van der Waals surface area contributed by atoms with Gasteiger partial charge in [0, 0.05) is 0 Å². The molecule has 0 bridgehead atoms. The number of para-hydroxylation sites is 2. The third-order valence-corrected chi connectivity index (χ3v) is 2.82. The van der Waals surface area contributed by atoms with Crippen LogP contribution in [0.4, 0.5) is 4.39 Å². The van der Waals surface area contributed by atoms with Crippen LogP contribution in [-0.2, 0) is 6.42 Å². The molecule has 0 aliphatic rings. The quantitative estimate of drug-likeness (QED) is 0.674. The lowest BCUT2D eigenvalue weighted by atomic mass is 10.1. The maximum atomic E-state index is 13.5. The van der Waals surface area contributed by atoms with Gasteiger partial charge in [-0.25, -0.2) is 9.37 Å². The molecule has 2 aromatic carbocycles. The monoisotopic (exact) mass is 255 g/mol. The van der Waals surface area contributed by atoms with Crippen molar-refractivity contribution < 1.29 is 13.6 Å². The van der Waals surface area contributed by atoms with Crippen molar-refractivity contribution in [1.82, 2.24) is 4.98 Å². The maximum Gasteiger partial charge on any atom is 0.203 e. The van der Waals surface area contributed by atoms with Gasteiger partial charge >= 0.3 is 0 Å². The number of ketones is 1. The van der Waals surface area contributed by atoms with Crippen LogP contribution in [0.5, 0.6) is 0 Å². The minimum absolute atomic E-state index is 0.0460. The molecule has 0 spiro atoms. The Hall–Kier alpha value is -2.49. The van der Waals surface area contributed by atoms with Crippen LogP contribution in [-0.4, -0.2) is 10.8 Å². The van der Waals surface area contributed by atoms with E-state index in [0.29, 0.717) is 17.0 Å². The zero-order chi connectivity index (χ0) is 13.2. The van der Waals surface area contributed by atoms with Crippen molar-refractivity contribution >= 4 is 16.9 Å². The molecule has 0 saturated carbocycles. The molecule has 0 radical (unpaired) electrons. The number of fused-ring (bicyclic) bond motifs is 1. The van der Waals surface area contributed by atoms with Crippen LogP contribution in [0.3, 0.4) is 0 Å². The number of aromatic nitrogens is 1. The van der Waals surface area contributed by atoms with Gasteiger partial charge in [-0.2, -0.15) is 0 Å². The van der Waals surface area contributed by atoms with Gasteiger partial charge in [-0.3, -0.25) is 4.79 Å². The Balaban J connectivity index is 1.89. The summed E-state index contributed by atoms with van der Waals surface area (Å²) in [7, 11) is 0. The van der Waals surface area contributed by atoms with E-state index >= 15 is 0 Å². The Morgan fingerprint density at radius 2 is 1.84 bits per heavy atom. The molecule has 4 heteroatoms. The minimum atomic E-state index is -0.524. The summed E-state index contributed by atoms with van der Waals surface area (Å²) >= 11 is 0. The molecule has 0 aliphatic carbocycles. The third kappa shape index (κ3) is 2.25. The summed E-state index contributed by atoms with van der Waals surface area (Å²) in [5.74, 6) is -0.567. The highest BCUT2D eigenvalue weighted by molar-refractivity contribution is 5.97. The molecule has 0 saturated heterocycles. The number of halogens is 1. The van der Waals surface area contributed by atoms with Crippen LogP contribution in [0.2, 0.25) is 0 Å². The summed E-state index contributed by atoms with van der Waals surface area (Å²) in [6, 6.07) is 13.1. The van der Waals surface area contributed by atoms with Crippen LogP contribution >= 0.6 is 0 Å². The summed E-state index contributed by atoms with van der Waals surface area (Å²) in [4.78, 5) is 16.2. The highest BCUT2D eigenvalue weighted by atomic mass is 19.1. The van der Waals surface area contributed by atoms with E-state index in [0.717, 1.165) is 0 Å². The van der Waals surface area contributed by atoms with E-state index in [-0.39, 0.29) is 17.8 Å². The van der Waals surface area contributed by atoms with Gasteiger partial charge in [0.05, 0.1) is 12.0 Å². The average molecular weight is 255 g/mol. The number of nitrogens with zero attached hydrogens (tertiary/aromatic N) is 1. The van der Waals surface area contributed by atoms with E-state index in [9.17, 15) is 9.18 Å². The molecule has 1 aromatic heterocycles. The van der Waals surface area contributed by atoms with Gasteiger partial charge in [0.25, 0.3) is 0 Å². The average Bonchev–Trinajstić information content (AvgIpc) is 2.81. The van der Waals surface area contributed by atoms with E-state index in [1.165, 1.54) is 12.1 Å². The lowest BCUT2D eigenvalue weighted by Crippen LogP contribution is -2.06. The standard InChI is InChI=1S/C15H10FNO2/c16-11-6-2-1-5-10(11)13(18)9-15-17-12-7-3-4-8-14(12)19-15/h1-8H,9H2. The lowest BCUT2D eigenvalue weighted by molar-refractivity contribution is 0.0982. The minimum Gasteiger partial charge on any atom is -0.440 e. The van der Waals surface area contributed by atoms with Gasteiger partial charge in [0.1, 0.15) is 11.3 Å². The fourth-order valence-electron chi connectivity index (χ4n) is 1.92. The molecular formula is C15H10FNO2. The second kappa shape index (κ2) is 4.65. The Labute approximate surface area is 108 Å². The molecule has 0 aliphatic heterocycles. The number of oxazole rings is 1. The molecule has 0 unspecified atom stereocenters. The van der Waals surface area contributed by atoms with Crippen molar-refractivity contribution in [3.63, 3.8) is 0 Å². The number of Topliss-reactive ketones (excluding diaryl/α,β-unsaturated/α-hetero) is 1. The number of hydrogen-bond donors (Lipinski definition) is 0. The van der Waals surface area contributed by atoms with Crippen molar-refractivity contribution in [2.24, 2.45) is 0 Å². The first-order valence-electron chi connectivity index (χ1n) is 5.86. The maximum absolute atomic E-state index is 13.5. The molecule has 0 fully saturated rings. The number of carbonyl (C=O) groups is 1. The van der Waals surface area contributed by atoms with Crippen LogP contribution in [0, 0.1) is 5.82 Å². The van der Waals surface area contributed by atoms with Crippen LogP contribution in [0.15, 0.2) is 52.9 Å². The molecule has 94 valence electrons. The molecular weight excluding hydrogens is 245 g/mol. The van der Waals surface area contributed by atoms with Gasteiger partial charge in [-0.15, -0.1) is 0 Å². The molecule has 3 rings (SSSR count). The number of rotatable bonds is 3. The first kappa shape index (κ1) is 11.6. The van der Waals surface area contributed by atoms with Gasteiger partial charge in [-0.1, -0.05) is 24.3 Å². The van der Waals surface area contributed by atoms with Crippen LogP contribution in [0.1, 0.15) is 16.2 Å². The number of benzene rings is 2. The summed E-state index contributed by atoms with van der Waals surface area (Å²) in [5, 5.41) is 0. The van der Waals surface area contributed by atoms with Crippen molar-refractivity contribution in [3.8, 4) is 0 Å². The fourth-order valence-corrected chi connectivity index (χ4v) is 1.92. The smallest absolute Gasteiger partial charge is 0.203 e. The largest absolute Gasteiger partial charge is 0.440 e. The fraction of sp³-hybridized carbons (Fsp3) is 0.0667. The number of carbonyl (C=O) groups excluding carboxylic acids is 1. The summed E-state index contributed by atoms with van der Waals surface area (Å²) < 4.78 is 18.9. The van der Waals surface area contributed by atoms with Gasteiger partial charge in [0.15, 0.2) is 11.4 Å². The predicted octanol–water partition coefficient (Wildman–Crippen LogP) is 3.39. The SMILES string of the molecule is O=C(Cc1nc2ccccc2o1)c1ccccc1F. The molecule has 0 amide bonds. The molecule has 3 aromatic rings. The van der Waals surface area contributed by atoms with Crippen LogP contribution < -0.4 is 0 Å². The summed E-state index contributed by atoms with van der Waals surface area (Å²) in [5.41, 5.74) is 1.38. The summed E-state index contributed by atoms with van der Waals surface area (Å²) in [6.07, 6.45) is -0.0460. The van der Waals surface area contributed by atoms with Gasteiger partial charge in [0.2, 0.25) is 5.89 Å². The predicted molar refractivity (Wildman–Crippen MR) is 68.4 cm³/mol. The van der Waals surface area contributed by atoms with E-state index in [4.69, 9.17) is 4.42 Å². The van der Waals surface area contributed by atoms with Gasteiger partial charge in [-0.05, 0) is 24.3 Å². The second-order valence-electron chi connectivity index (χ2n) is 4.16. The van der Waals surface area contributed by atoms with Crippen molar-refractivity contribution in [2.75, 3.05) is 0 Å². The zero-order valence-electron chi connectivity index (χ0n) is 9.97. The topological polar surface area (TPSA) is 43.1 Å². The highest BCUT2D eigenvalue weighted by Crippen LogP contribution is 2.17. The first-order chi connectivity index (χ1) is 9.24. The Morgan fingerprint density at radius 3 is 2.63 bits per heavy atom.